The van der Waals surface area contributed by atoms with Gasteiger partial charge in [0.1, 0.15) is 12.1 Å². The summed E-state index contributed by atoms with van der Waals surface area (Å²) in [5, 5.41) is 11.3. The Morgan fingerprint density at radius 1 is 1.39 bits per heavy atom. The van der Waals surface area contributed by atoms with E-state index in [0.717, 1.165) is 12.8 Å². The first-order valence-corrected chi connectivity index (χ1v) is 5.94. The van der Waals surface area contributed by atoms with E-state index in [0.29, 0.717) is 13.0 Å². The number of ether oxygens (including phenoxy) is 1. The van der Waals surface area contributed by atoms with Gasteiger partial charge in [-0.15, -0.1) is 0 Å². The van der Waals surface area contributed by atoms with Crippen molar-refractivity contribution < 1.29 is 24.2 Å². The molecule has 7 heteroatoms. The first-order valence-electron chi connectivity index (χ1n) is 5.94. The minimum Gasteiger partial charge on any atom is -0.480 e. The second-order valence-corrected chi connectivity index (χ2v) is 4.26. The molecule has 0 saturated carbocycles. The molecule has 0 aromatic carbocycles. The van der Waals surface area contributed by atoms with E-state index >= 15 is 0 Å². The van der Waals surface area contributed by atoms with E-state index in [1.165, 1.54) is 0 Å². The van der Waals surface area contributed by atoms with Gasteiger partial charge in [-0.2, -0.15) is 0 Å². The minimum atomic E-state index is -1.18. The number of carbonyl (C=O) groups is 3. The number of primary amides is 1. The molecule has 0 spiro atoms. The number of hydrogen-bond donors (Lipinski definition) is 3. The van der Waals surface area contributed by atoms with Gasteiger partial charge in [0.25, 0.3) is 0 Å². The number of nitrogens with two attached hydrogens (primary N) is 1. The molecule has 7 nitrogen and oxygen atoms in total. The van der Waals surface area contributed by atoms with Crippen LogP contribution in [0.2, 0.25) is 0 Å². The highest BCUT2D eigenvalue weighted by molar-refractivity contribution is 5.86. The standard InChI is InChI=1S/C11H18N2O5/c12-9(14)5-4-7(11(16)17)13-10(15)8-3-1-2-6-18-8/h7-8H,1-6H2,(H2,12,14)(H,13,15)(H,16,17). The van der Waals surface area contributed by atoms with Crippen LogP contribution in [0.1, 0.15) is 32.1 Å². The van der Waals surface area contributed by atoms with Gasteiger partial charge >= 0.3 is 5.97 Å². The van der Waals surface area contributed by atoms with E-state index in [4.69, 9.17) is 15.6 Å². The van der Waals surface area contributed by atoms with Gasteiger partial charge in [-0.25, -0.2) is 4.79 Å². The number of amides is 2. The van der Waals surface area contributed by atoms with Crippen molar-refractivity contribution in [2.45, 2.75) is 44.2 Å². The molecule has 1 aliphatic rings. The number of carboxylic acids is 1. The molecule has 2 amide bonds. The highest BCUT2D eigenvalue weighted by atomic mass is 16.5. The lowest BCUT2D eigenvalue weighted by Crippen LogP contribution is -2.47. The van der Waals surface area contributed by atoms with Crippen molar-refractivity contribution in [3.63, 3.8) is 0 Å². The van der Waals surface area contributed by atoms with Gasteiger partial charge < -0.3 is 20.9 Å². The SMILES string of the molecule is NC(=O)CCC(NC(=O)C1CCCCO1)C(=O)O. The normalized spacial score (nSPS) is 21.0. The third-order valence-electron chi connectivity index (χ3n) is 2.77. The van der Waals surface area contributed by atoms with E-state index in [2.05, 4.69) is 5.32 Å². The van der Waals surface area contributed by atoms with E-state index < -0.39 is 29.9 Å². The number of nitrogens with one attached hydrogen (secondary N) is 1. The van der Waals surface area contributed by atoms with Crippen molar-refractivity contribution in [2.75, 3.05) is 6.61 Å². The molecule has 1 aliphatic heterocycles. The fourth-order valence-corrected chi connectivity index (χ4v) is 1.76. The maximum Gasteiger partial charge on any atom is 0.326 e. The van der Waals surface area contributed by atoms with Crippen molar-refractivity contribution in [2.24, 2.45) is 5.73 Å². The number of carboxylic acid groups (broad SMARTS) is 1. The predicted octanol–water partition coefficient (Wildman–Crippen LogP) is -0.610. The van der Waals surface area contributed by atoms with Crippen molar-refractivity contribution in [3.05, 3.63) is 0 Å². The van der Waals surface area contributed by atoms with Gasteiger partial charge in [0.05, 0.1) is 0 Å². The predicted molar refractivity (Wildman–Crippen MR) is 61.6 cm³/mol. The van der Waals surface area contributed by atoms with Gasteiger partial charge in [0.15, 0.2) is 0 Å². The Bertz CT molecular complexity index is 325. The molecular formula is C11H18N2O5. The molecule has 0 aromatic rings. The smallest absolute Gasteiger partial charge is 0.326 e. The molecule has 1 rings (SSSR count). The third kappa shape index (κ3) is 4.70. The molecule has 0 radical (unpaired) electrons. The molecule has 4 N–H and O–H groups in total. The monoisotopic (exact) mass is 258 g/mol. The number of rotatable bonds is 6. The molecule has 102 valence electrons. The fourth-order valence-electron chi connectivity index (χ4n) is 1.76. The summed E-state index contributed by atoms with van der Waals surface area (Å²) in [5.74, 6) is -2.21. The number of aliphatic carboxylic acids is 1. The lowest BCUT2D eigenvalue weighted by Gasteiger charge is -2.23. The minimum absolute atomic E-state index is 0.0108. The van der Waals surface area contributed by atoms with Crippen LogP contribution in [0.15, 0.2) is 0 Å². The van der Waals surface area contributed by atoms with Crippen LogP contribution in [0, 0.1) is 0 Å². The topological polar surface area (TPSA) is 119 Å². The molecule has 0 aromatic heterocycles. The van der Waals surface area contributed by atoms with E-state index in [1.807, 2.05) is 0 Å². The maximum absolute atomic E-state index is 11.7. The summed E-state index contributed by atoms with van der Waals surface area (Å²) in [6.45, 7) is 0.511. The summed E-state index contributed by atoms with van der Waals surface area (Å²) in [7, 11) is 0. The van der Waals surface area contributed by atoms with Crippen LogP contribution in [-0.2, 0) is 19.1 Å². The molecule has 1 saturated heterocycles. The summed E-state index contributed by atoms with van der Waals surface area (Å²) in [6.07, 6.45) is 1.71. The van der Waals surface area contributed by atoms with E-state index in [9.17, 15) is 14.4 Å². The van der Waals surface area contributed by atoms with Crippen molar-refractivity contribution in [1.82, 2.24) is 5.32 Å². The van der Waals surface area contributed by atoms with Gasteiger partial charge in [-0.05, 0) is 25.7 Å². The van der Waals surface area contributed by atoms with Crippen molar-refractivity contribution >= 4 is 17.8 Å². The van der Waals surface area contributed by atoms with Gasteiger partial charge in [-0.1, -0.05) is 0 Å². The molecule has 2 atom stereocenters. The van der Waals surface area contributed by atoms with Gasteiger partial charge in [0.2, 0.25) is 11.8 Å². The quantitative estimate of drug-likeness (QED) is 0.587. The fraction of sp³-hybridized carbons (Fsp3) is 0.727. The summed E-state index contributed by atoms with van der Waals surface area (Å²) in [4.78, 5) is 33.3. The Balaban J connectivity index is 2.46. The first kappa shape index (κ1) is 14.4. The van der Waals surface area contributed by atoms with Crippen LogP contribution in [-0.4, -0.2) is 41.6 Å². The number of hydrogen-bond acceptors (Lipinski definition) is 4. The van der Waals surface area contributed by atoms with Crippen LogP contribution >= 0.6 is 0 Å². The third-order valence-corrected chi connectivity index (χ3v) is 2.77. The Morgan fingerprint density at radius 3 is 2.61 bits per heavy atom. The second-order valence-electron chi connectivity index (χ2n) is 4.26. The van der Waals surface area contributed by atoms with Crippen LogP contribution in [0.25, 0.3) is 0 Å². The summed E-state index contributed by atoms with van der Waals surface area (Å²) in [5.41, 5.74) is 4.95. The zero-order valence-electron chi connectivity index (χ0n) is 10.1. The van der Waals surface area contributed by atoms with E-state index in [-0.39, 0.29) is 12.8 Å². The van der Waals surface area contributed by atoms with Crippen molar-refractivity contribution in [3.8, 4) is 0 Å². The summed E-state index contributed by atoms with van der Waals surface area (Å²) in [6, 6.07) is -1.10. The Morgan fingerprint density at radius 2 is 2.11 bits per heavy atom. The molecule has 1 fully saturated rings. The van der Waals surface area contributed by atoms with Crippen molar-refractivity contribution in [1.29, 1.82) is 0 Å². The molecule has 2 unspecified atom stereocenters. The molecule has 0 aliphatic carbocycles. The zero-order valence-corrected chi connectivity index (χ0v) is 10.1. The average molecular weight is 258 g/mol. The molecule has 18 heavy (non-hydrogen) atoms. The highest BCUT2D eigenvalue weighted by Crippen LogP contribution is 2.13. The second kappa shape index (κ2) is 6.95. The molecule has 1 heterocycles. The van der Waals surface area contributed by atoms with Crippen LogP contribution in [0.3, 0.4) is 0 Å². The Labute approximate surface area is 105 Å². The molecule has 0 bridgehead atoms. The zero-order chi connectivity index (χ0) is 13.5. The van der Waals surface area contributed by atoms with Gasteiger partial charge in [-0.3, -0.25) is 9.59 Å². The molecular weight excluding hydrogens is 240 g/mol. The lowest BCUT2D eigenvalue weighted by atomic mass is 10.1. The largest absolute Gasteiger partial charge is 0.480 e. The Hall–Kier alpha value is -1.63. The summed E-state index contributed by atoms with van der Waals surface area (Å²) < 4.78 is 5.25. The highest BCUT2D eigenvalue weighted by Gasteiger charge is 2.27. The van der Waals surface area contributed by atoms with Crippen LogP contribution in [0.5, 0.6) is 0 Å². The van der Waals surface area contributed by atoms with Crippen LogP contribution in [0.4, 0.5) is 0 Å². The first-order chi connectivity index (χ1) is 8.50. The summed E-state index contributed by atoms with van der Waals surface area (Å²) >= 11 is 0. The number of carbonyl (C=O) groups excluding carboxylic acids is 2. The Kier molecular flexibility index (Phi) is 5.57. The van der Waals surface area contributed by atoms with Crippen LogP contribution < -0.4 is 11.1 Å². The lowest BCUT2D eigenvalue weighted by molar-refractivity contribution is -0.145. The van der Waals surface area contributed by atoms with Gasteiger partial charge in [0, 0.05) is 13.0 Å². The maximum atomic E-state index is 11.7. The van der Waals surface area contributed by atoms with E-state index in [1.54, 1.807) is 0 Å². The average Bonchev–Trinajstić information content (AvgIpc) is 2.34.